The van der Waals surface area contributed by atoms with Crippen LogP contribution in [0.4, 0.5) is 10.1 Å². The van der Waals surface area contributed by atoms with E-state index in [9.17, 15) is 12.8 Å². The molecule has 0 fully saturated rings. The van der Waals surface area contributed by atoms with Gasteiger partial charge in [0, 0.05) is 12.6 Å². The maximum atomic E-state index is 13.5. The fourth-order valence-corrected chi connectivity index (χ4v) is 3.49. The predicted molar refractivity (Wildman–Crippen MR) is 74.8 cm³/mol. The maximum absolute atomic E-state index is 13.5. The molecule has 106 valence electrons. The predicted octanol–water partition coefficient (Wildman–Crippen LogP) is 2.30. The van der Waals surface area contributed by atoms with E-state index >= 15 is 0 Å². The molecule has 1 rings (SSSR count). The summed E-state index contributed by atoms with van der Waals surface area (Å²) in [5.41, 5.74) is 5.53. The molecule has 1 aromatic carbocycles. The number of nitrogens with zero attached hydrogens (tertiary/aromatic N) is 1. The van der Waals surface area contributed by atoms with Crippen molar-refractivity contribution in [3.63, 3.8) is 0 Å². The topological polar surface area (TPSA) is 63.4 Å². The number of sulfonamides is 1. The van der Waals surface area contributed by atoms with E-state index in [1.165, 1.54) is 23.4 Å². The highest BCUT2D eigenvalue weighted by molar-refractivity contribution is 7.89. The molecule has 6 heteroatoms. The van der Waals surface area contributed by atoms with Crippen LogP contribution in [0.1, 0.15) is 19.4 Å². The molecule has 0 bridgehead atoms. The van der Waals surface area contributed by atoms with Crippen molar-refractivity contribution in [3.8, 4) is 0 Å². The Bertz CT molecular complexity index is 559. The first kappa shape index (κ1) is 15.7. The van der Waals surface area contributed by atoms with Gasteiger partial charge in [-0.15, -0.1) is 6.58 Å². The smallest absolute Gasteiger partial charge is 0.243 e. The number of rotatable bonds is 5. The van der Waals surface area contributed by atoms with Gasteiger partial charge in [-0.2, -0.15) is 4.31 Å². The van der Waals surface area contributed by atoms with Gasteiger partial charge in [-0.05, 0) is 38.5 Å². The Morgan fingerprint density at radius 1 is 1.47 bits per heavy atom. The number of anilines is 1. The molecule has 2 N–H and O–H groups in total. The number of benzene rings is 1. The summed E-state index contributed by atoms with van der Waals surface area (Å²) in [6.45, 7) is 8.75. The zero-order chi connectivity index (χ0) is 14.8. The number of hydrogen-bond acceptors (Lipinski definition) is 3. The molecule has 4 nitrogen and oxygen atoms in total. The average Bonchev–Trinajstić information content (AvgIpc) is 2.31. The zero-order valence-corrected chi connectivity index (χ0v) is 12.2. The molecule has 0 heterocycles. The lowest BCUT2D eigenvalue weighted by Gasteiger charge is -2.25. The second-order valence-electron chi connectivity index (χ2n) is 4.60. The normalized spacial score (nSPS) is 12.1. The van der Waals surface area contributed by atoms with Gasteiger partial charge in [0.25, 0.3) is 0 Å². The molecule has 19 heavy (non-hydrogen) atoms. The van der Waals surface area contributed by atoms with Crippen LogP contribution in [-0.2, 0) is 10.0 Å². The largest absolute Gasteiger partial charge is 0.396 e. The van der Waals surface area contributed by atoms with E-state index < -0.39 is 15.8 Å². The first-order valence-corrected chi connectivity index (χ1v) is 7.34. The summed E-state index contributed by atoms with van der Waals surface area (Å²) in [6.07, 6.45) is 1.51. The highest BCUT2D eigenvalue weighted by Crippen LogP contribution is 2.24. The molecule has 0 amide bonds. The fraction of sp³-hybridized carbons (Fsp3) is 0.385. The van der Waals surface area contributed by atoms with Crippen LogP contribution in [0.5, 0.6) is 0 Å². The highest BCUT2D eigenvalue weighted by atomic mass is 32.2. The van der Waals surface area contributed by atoms with Crippen LogP contribution in [0.3, 0.4) is 0 Å². The SMILES string of the molecule is C=CCN(C(C)C)S(=O)(=O)c1cc(C)c(F)c(N)c1. The Balaban J connectivity index is 3.37. The van der Waals surface area contributed by atoms with Crippen molar-refractivity contribution in [1.82, 2.24) is 4.31 Å². The van der Waals surface area contributed by atoms with Crippen molar-refractivity contribution in [2.45, 2.75) is 31.7 Å². The third-order valence-electron chi connectivity index (χ3n) is 2.75. The van der Waals surface area contributed by atoms with Crippen molar-refractivity contribution < 1.29 is 12.8 Å². The van der Waals surface area contributed by atoms with E-state index in [0.717, 1.165) is 6.07 Å². The van der Waals surface area contributed by atoms with E-state index in [4.69, 9.17) is 5.73 Å². The monoisotopic (exact) mass is 286 g/mol. The van der Waals surface area contributed by atoms with Crippen molar-refractivity contribution in [1.29, 1.82) is 0 Å². The second kappa shape index (κ2) is 5.71. The zero-order valence-electron chi connectivity index (χ0n) is 11.4. The van der Waals surface area contributed by atoms with Crippen LogP contribution in [0.15, 0.2) is 29.7 Å². The number of hydrogen-bond donors (Lipinski definition) is 1. The molecule has 0 unspecified atom stereocenters. The number of nitrogen functional groups attached to an aromatic ring is 1. The Hall–Kier alpha value is -1.40. The molecule has 0 atom stereocenters. The summed E-state index contributed by atoms with van der Waals surface area (Å²) in [5, 5.41) is 0. The highest BCUT2D eigenvalue weighted by Gasteiger charge is 2.27. The Labute approximate surface area is 113 Å². The van der Waals surface area contributed by atoms with E-state index in [-0.39, 0.29) is 28.7 Å². The fourth-order valence-electron chi connectivity index (χ4n) is 1.76. The minimum atomic E-state index is -3.71. The van der Waals surface area contributed by atoms with Crippen LogP contribution < -0.4 is 5.73 Å². The summed E-state index contributed by atoms with van der Waals surface area (Å²) in [6, 6.07) is 2.21. The maximum Gasteiger partial charge on any atom is 0.243 e. The Morgan fingerprint density at radius 3 is 2.47 bits per heavy atom. The lowest BCUT2D eigenvalue weighted by molar-refractivity contribution is 0.383. The minimum Gasteiger partial charge on any atom is -0.396 e. The Morgan fingerprint density at radius 2 is 2.05 bits per heavy atom. The molecule has 0 saturated heterocycles. The van der Waals surface area contributed by atoms with Crippen LogP contribution in [0, 0.1) is 12.7 Å². The standard InChI is InChI=1S/C13H19FN2O2S/c1-5-6-16(9(2)3)19(17,18)11-7-10(4)13(14)12(15)8-11/h5,7-9H,1,6,15H2,2-4H3. The third-order valence-corrected chi connectivity index (χ3v) is 4.77. The number of nitrogens with two attached hydrogens (primary N) is 1. The first-order valence-electron chi connectivity index (χ1n) is 5.90. The van der Waals surface area contributed by atoms with E-state index in [1.807, 2.05) is 0 Å². The first-order chi connectivity index (χ1) is 8.71. The molecule has 0 saturated carbocycles. The van der Waals surface area contributed by atoms with E-state index in [0.29, 0.717) is 0 Å². The molecule has 0 radical (unpaired) electrons. The lowest BCUT2D eigenvalue weighted by atomic mass is 10.2. The summed E-state index contributed by atoms with van der Waals surface area (Å²) >= 11 is 0. The van der Waals surface area contributed by atoms with Crippen LogP contribution in [-0.4, -0.2) is 25.3 Å². The van der Waals surface area contributed by atoms with Crippen LogP contribution in [0.2, 0.25) is 0 Å². The van der Waals surface area contributed by atoms with Gasteiger partial charge in [0.05, 0.1) is 10.6 Å². The molecule has 0 aromatic heterocycles. The van der Waals surface area contributed by atoms with Gasteiger partial charge in [-0.1, -0.05) is 6.08 Å². The third kappa shape index (κ3) is 3.13. The van der Waals surface area contributed by atoms with Crippen molar-refractivity contribution in [2.24, 2.45) is 0 Å². The second-order valence-corrected chi connectivity index (χ2v) is 6.49. The summed E-state index contributed by atoms with van der Waals surface area (Å²) < 4.78 is 39.7. The van der Waals surface area contributed by atoms with Crippen LogP contribution in [0.25, 0.3) is 0 Å². The van der Waals surface area contributed by atoms with Gasteiger partial charge >= 0.3 is 0 Å². The lowest BCUT2D eigenvalue weighted by Crippen LogP contribution is -2.37. The molecular weight excluding hydrogens is 267 g/mol. The van der Waals surface area contributed by atoms with Crippen molar-refractivity contribution in [2.75, 3.05) is 12.3 Å². The van der Waals surface area contributed by atoms with Gasteiger partial charge in [-0.3, -0.25) is 0 Å². The van der Waals surface area contributed by atoms with Crippen molar-refractivity contribution in [3.05, 3.63) is 36.2 Å². The van der Waals surface area contributed by atoms with Gasteiger partial charge in [0.1, 0.15) is 5.82 Å². The molecular formula is C13H19FN2O2S. The molecule has 1 aromatic rings. The van der Waals surface area contributed by atoms with E-state index in [1.54, 1.807) is 13.8 Å². The van der Waals surface area contributed by atoms with Gasteiger partial charge in [0.15, 0.2) is 0 Å². The van der Waals surface area contributed by atoms with Crippen molar-refractivity contribution >= 4 is 15.7 Å². The molecule has 0 aliphatic rings. The summed E-state index contributed by atoms with van der Waals surface area (Å²) in [5.74, 6) is -0.584. The molecule has 0 aliphatic carbocycles. The number of aryl methyl sites for hydroxylation is 1. The summed E-state index contributed by atoms with van der Waals surface area (Å²) in [4.78, 5) is -0.000509. The molecule has 0 spiro atoms. The minimum absolute atomic E-state index is 0.000509. The van der Waals surface area contributed by atoms with Crippen LogP contribution >= 0.6 is 0 Å². The van der Waals surface area contributed by atoms with Gasteiger partial charge in [0.2, 0.25) is 10.0 Å². The average molecular weight is 286 g/mol. The van der Waals surface area contributed by atoms with Gasteiger partial charge < -0.3 is 5.73 Å². The Kier molecular flexibility index (Phi) is 4.70. The molecule has 0 aliphatic heterocycles. The summed E-state index contributed by atoms with van der Waals surface area (Å²) in [7, 11) is -3.71. The van der Waals surface area contributed by atoms with Gasteiger partial charge in [-0.25, -0.2) is 12.8 Å². The quantitative estimate of drug-likeness (QED) is 0.667. The number of halogens is 1. The van der Waals surface area contributed by atoms with E-state index in [2.05, 4.69) is 6.58 Å².